The summed E-state index contributed by atoms with van der Waals surface area (Å²) in [5, 5.41) is 6.73. The quantitative estimate of drug-likeness (QED) is 0.797. The van der Waals surface area contributed by atoms with Crippen molar-refractivity contribution in [2.75, 3.05) is 12.4 Å². The van der Waals surface area contributed by atoms with Crippen LogP contribution in [0.4, 0.5) is 5.82 Å². The molecule has 3 aromatic heterocycles. The number of aryl methyl sites for hydroxylation is 1. The normalized spacial score (nSPS) is 21.1. The van der Waals surface area contributed by atoms with Gasteiger partial charge in [0.25, 0.3) is 0 Å². The topological polar surface area (TPSA) is 64.9 Å². The third-order valence-corrected chi connectivity index (χ3v) is 5.21. The largest absolute Gasteiger partial charge is 0.381 e. The lowest BCUT2D eigenvalue weighted by Gasteiger charge is -2.15. The molecular formula is C16H19N5OS. The first-order chi connectivity index (χ1) is 11.2. The molecule has 0 saturated heterocycles. The van der Waals surface area contributed by atoms with Gasteiger partial charge < -0.3 is 14.6 Å². The number of hydrogen-bond acceptors (Lipinski definition) is 6. The van der Waals surface area contributed by atoms with Gasteiger partial charge in [-0.3, -0.25) is 0 Å². The highest BCUT2D eigenvalue weighted by atomic mass is 32.1. The van der Waals surface area contributed by atoms with E-state index < -0.39 is 0 Å². The summed E-state index contributed by atoms with van der Waals surface area (Å²) in [4.78, 5) is 14.8. The van der Waals surface area contributed by atoms with Gasteiger partial charge in [-0.15, -0.1) is 11.3 Å². The van der Waals surface area contributed by atoms with E-state index in [0.29, 0.717) is 18.0 Å². The van der Waals surface area contributed by atoms with E-state index in [9.17, 15) is 0 Å². The van der Waals surface area contributed by atoms with E-state index in [1.54, 1.807) is 24.6 Å². The van der Waals surface area contributed by atoms with E-state index in [0.717, 1.165) is 41.1 Å². The molecule has 6 nitrogen and oxygen atoms in total. The van der Waals surface area contributed by atoms with Crippen molar-refractivity contribution in [3.63, 3.8) is 0 Å². The Morgan fingerprint density at radius 1 is 1.35 bits per heavy atom. The van der Waals surface area contributed by atoms with E-state index in [1.807, 2.05) is 17.8 Å². The molecule has 120 valence electrons. The summed E-state index contributed by atoms with van der Waals surface area (Å²) in [6, 6.07) is 2.47. The summed E-state index contributed by atoms with van der Waals surface area (Å²) in [6.45, 7) is 0. The standard InChI is InChI=1S/C16H19N5OS/c1-21-7-6-17-15(21)14-19-13(12-5-8-23-16(12)20-14)18-10-3-4-11(9-10)22-2/h5-8,10-11H,3-4,9H2,1-2H3,(H,18,19,20). The molecule has 0 radical (unpaired) electrons. The van der Waals surface area contributed by atoms with Crippen molar-refractivity contribution < 1.29 is 4.74 Å². The molecule has 1 N–H and O–H groups in total. The van der Waals surface area contributed by atoms with Crippen LogP contribution in [-0.2, 0) is 11.8 Å². The molecule has 1 saturated carbocycles. The molecule has 3 heterocycles. The Morgan fingerprint density at radius 3 is 3.00 bits per heavy atom. The molecular weight excluding hydrogens is 310 g/mol. The predicted molar refractivity (Wildman–Crippen MR) is 91.7 cm³/mol. The highest BCUT2D eigenvalue weighted by Gasteiger charge is 2.25. The molecule has 1 fully saturated rings. The van der Waals surface area contributed by atoms with Gasteiger partial charge in [-0.05, 0) is 30.7 Å². The van der Waals surface area contributed by atoms with Crippen LogP contribution in [0.5, 0.6) is 0 Å². The fraction of sp³-hybridized carbons (Fsp3) is 0.438. The fourth-order valence-electron chi connectivity index (χ4n) is 3.13. The fourth-order valence-corrected chi connectivity index (χ4v) is 3.89. The van der Waals surface area contributed by atoms with Crippen molar-refractivity contribution >= 4 is 27.4 Å². The van der Waals surface area contributed by atoms with Crippen LogP contribution in [-0.4, -0.2) is 38.8 Å². The Bertz CT molecular complexity index is 827. The van der Waals surface area contributed by atoms with Crippen LogP contribution in [0.15, 0.2) is 23.8 Å². The van der Waals surface area contributed by atoms with E-state index in [4.69, 9.17) is 9.72 Å². The molecule has 23 heavy (non-hydrogen) atoms. The summed E-state index contributed by atoms with van der Waals surface area (Å²) in [6.07, 6.45) is 7.24. The van der Waals surface area contributed by atoms with Gasteiger partial charge in [-0.1, -0.05) is 0 Å². The minimum atomic E-state index is 0.348. The first kappa shape index (κ1) is 14.6. The number of imidazole rings is 1. The monoisotopic (exact) mass is 329 g/mol. The first-order valence-electron chi connectivity index (χ1n) is 7.77. The zero-order chi connectivity index (χ0) is 15.8. The lowest BCUT2D eigenvalue weighted by atomic mass is 10.2. The lowest BCUT2D eigenvalue weighted by Crippen LogP contribution is -2.18. The zero-order valence-corrected chi connectivity index (χ0v) is 14.0. The molecule has 0 aliphatic heterocycles. The van der Waals surface area contributed by atoms with E-state index in [1.165, 1.54) is 0 Å². The Balaban J connectivity index is 1.70. The van der Waals surface area contributed by atoms with Gasteiger partial charge in [0.1, 0.15) is 10.6 Å². The minimum Gasteiger partial charge on any atom is -0.381 e. The van der Waals surface area contributed by atoms with Crippen LogP contribution in [0.1, 0.15) is 19.3 Å². The number of hydrogen-bond donors (Lipinski definition) is 1. The van der Waals surface area contributed by atoms with Gasteiger partial charge in [0, 0.05) is 32.6 Å². The van der Waals surface area contributed by atoms with Crippen LogP contribution in [0.3, 0.4) is 0 Å². The SMILES string of the molecule is COC1CCC(Nc2nc(-c3nccn3C)nc3sccc23)C1. The predicted octanol–water partition coefficient (Wildman–Crippen LogP) is 3.07. The second kappa shape index (κ2) is 5.90. The Kier molecular flexibility index (Phi) is 3.74. The zero-order valence-electron chi connectivity index (χ0n) is 13.2. The average molecular weight is 329 g/mol. The third kappa shape index (κ3) is 2.70. The van der Waals surface area contributed by atoms with Crippen molar-refractivity contribution in [3.8, 4) is 11.6 Å². The number of fused-ring (bicyclic) bond motifs is 1. The molecule has 0 aromatic carbocycles. The van der Waals surface area contributed by atoms with Crippen molar-refractivity contribution in [1.29, 1.82) is 0 Å². The summed E-state index contributed by atoms with van der Waals surface area (Å²) < 4.78 is 7.41. The smallest absolute Gasteiger partial charge is 0.199 e. The average Bonchev–Trinajstić information content (AvgIpc) is 3.26. The van der Waals surface area contributed by atoms with Crippen LogP contribution in [0.2, 0.25) is 0 Å². The Labute approximate surface area is 138 Å². The minimum absolute atomic E-state index is 0.348. The number of rotatable bonds is 4. The molecule has 2 atom stereocenters. The Hall–Kier alpha value is -1.99. The molecule has 3 aromatic rings. The number of methoxy groups -OCH3 is 1. The highest BCUT2D eigenvalue weighted by molar-refractivity contribution is 7.16. The van der Waals surface area contributed by atoms with Gasteiger partial charge in [0.2, 0.25) is 0 Å². The summed E-state index contributed by atoms with van der Waals surface area (Å²) in [5.74, 6) is 2.34. The maximum absolute atomic E-state index is 5.47. The Morgan fingerprint density at radius 2 is 2.26 bits per heavy atom. The summed E-state index contributed by atoms with van der Waals surface area (Å²) in [5.41, 5.74) is 0. The van der Waals surface area contributed by atoms with Crippen LogP contribution >= 0.6 is 11.3 Å². The molecule has 0 bridgehead atoms. The highest BCUT2D eigenvalue weighted by Crippen LogP contribution is 2.31. The molecule has 1 aliphatic rings. The van der Waals surface area contributed by atoms with E-state index in [2.05, 4.69) is 26.7 Å². The maximum Gasteiger partial charge on any atom is 0.199 e. The second-order valence-electron chi connectivity index (χ2n) is 5.91. The molecule has 0 spiro atoms. The molecule has 2 unspecified atom stereocenters. The number of anilines is 1. The second-order valence-corrected chi connectivity index (χ2v) is 6.80. The van der Waals surface area contributed by atoms with Gasteiger partial charge in [-0.25, -0.2) is 15.0 Å². The molecule has 0 amide bonds. The van der Waals surface area contributed by atoms with Crippen LogP contribution < -0.4 is 5.32 Å². The number of nitrogens with one attached hydrogen (secondary N) is 1. The lowest BCUT2D eigenvalue weighted by molar-refractivity contribution is 0.108. The summed E-state index contributed by atoms with van der Waals surface area (Å²) >= 11 is 1.63. The first-order valence-corrected chi connectivity index (χ1v) is 8.65. The van der Waals surface area contributed by atoms with Crippen LogP contribution in [0.25, 0.3) is 21.9 Å². The van der Waals surface area contributed by atoms with Gasteiger partial charge in [0.15, 0.2) is 11.6 Å². The molecule has 7 heteroatoms. The number of thiophene rings is 1. The third-order valence-electron chi connectivity index (χ3n) is 4.40. The van der Waals surface area contributed by atoms with E-state index in [-0.39, 0.29) is 0 Å². The number of nitrogens with zero attached hydrogens (tertiary/aromatic N) is 4. The van der Waals surface area contributed by atoms with Crippen molar-refractivity contribution in [2.24, 2.45) is 7.05 Å². The van der Waals surface area contributed by atoms with Crippen LogP contribution in [0, 0.1) is 0 Å². The summed E-state index contributed by atoms with van der Waals surface area (Å²) in [7, 11) is 3.74. The number of ether oxygens (including phenoxy) is 1. The van der Waals surface area contributed by atoms with Crippen molar-refractivity contribution in [1.82, 2.24) is 19.5 Å². The maximum atomic E-state index is 5.47. The number of aromatic nitrogens is 4. The van der Waals surface area contributed by atoms with Crippen molar-refractivity contribution in [2.45, 2.75) is 31.4 Å². The molecule has 1 aliphatic carbocycles. The van der Waals surface area contributed by atoms with Gasteiger partial charge in [0.05, 0.1) is 11.5 Å². The molecule has 4 rings (SSSR count). The van der Waals surface area contributed by atoms with E-state index >= 15 is 0 Å². The van der Waals surface area contributed by atoms with Crippen molar-refractivity contribution in [3.05, 3.63) is 23.8 Å². The van der Waals surface area contributed by atoms with Gasteiger partial charge in [-0.2, -0.15) is 0 Å². The van der Waals surface area contributed by atoms with Gasteiger partial charge >= 0.3 is 0 Å².